The minimum Gasteiger partial charge on any atom is -0.357 e. The van der Waals surface area contributed by atoms with E-state index < -0.39 is 0 Å². The van der Waals surface area contributed by atoms with Crippen molar-refractivity contribution in [3.05, 3.63) is 40.5 Å². The molecule has 0 spiro atoms. The van der Waals surface area contributed by atoms with E-state index in [1.807, 2.05) is 18.2 Å². The molecule has 1 N–H and O–H groups in total. The lowest BCUT2D eigenvalue weighted by atomic mass is 10.2. The van der Waals surface area contributed by atoms with Gasteiger partial charge in [0.05, 0.1) is 0 Å². The van der Waals surface area contributed by atoms with Gasteiger partial charge in [-0.05, 0) is 44.5 Å². The van der Waals surface area contributed by atoms with E-state index in [1.165, 1.54) is 5.56 Å². The smallest absolute Gasteiger partial charge is 0.229 e. The van der Waals surface area contributed by atoms with Crippen molar-refractivity contribution >= 4 is 33.4 Å². The molecule has 1 aromatic carbocycles. The molecule has 1 aromatic heterocycles. The number of hydrogen-bond donors (Lipinski definition) is 1. The summed E-state index contributed by atoms with van der Waals surface area (Å²) < 4.78 is 1.07. The zero-order chi connectivity index (χ0) is 14.5. The van der Waals surface area contributed by atoms with E-state index in [9.17, 15) is 0 Å². The van der Waals surface area contributed by atoms with Gasteiger partial charge in [-0.1, -0.05) is 22.0 Å². The van der Waals surface area contributed by atoms with Crippen molar-refractivity contribution < 1.29 is 0 Å². The molecule has 0 aliphatic carbocycles. The maximum atomic E-state index is 4.55. The first-order valence-electron chi connectivity index (χ1n) is 6.75. The first-order valence-corrected chi connectivity index (χ1v) is 7.54. The molecule has 5 heteroatoms. The fourth-order valence-electron chi connectivity index (χ4n) is 1.93. The van der Waals surface area contributed by atoms with Crippen LogP contribution in [0.25, 0.3) is 0 Å². The summed E-state index contributed by atoms with van der Waals surface area (Å²) in [6, 6.07) is 8.04. The van der Waals surface area contributed by atoms with Crippen molar-refractivity contribution in [1.29, 1.82) is 0 Å². The topological polar surface area (TPSA) is 41.1 Å². The van der Waals surface area contributed by atoms with Crippen LogP contribution in [0.2, 0.25) is 0 Å². The molecule has 0 fully saturated rings. The van der Waals surface area contributed by atoms with Gasteiger partial charge < -0.3 is 10.2 Å². The molecule has 106 valence electrons. The SMILES string of the molecule is CCN(CC)c1ccnc(Nc2ccc(C)c(Br)c2)n1. The molecular formula is C15H19BrN4. The molecule has 20 heavy (non-hydrogen) atoms. The monoisotopic (exact) mass is 334 g/mol. The van der Waals surface area contributed by atoms with Gasteiger partial charge in [0.25, 0.3) is 0 Å². The van der Waals surface area contributed by atoms with E-state index in [2.05, 4.69) is 63.0 Å². The molecule has 2 aromatic rings. The molecule has 0 amide bonds. The van der Waals surface area contributed by atoms with Crippen LogP contribution in [0.5, 0.6) is 0 Å². The van der Waals surface area contributed by atoms with Gasteiger partial charge in [0.2, 0.25) is 5.95 Å². The minimum atomic E-state index is 0.616. The van der Waals surface area contributed by atoms with Crippen molar-refractivity contribution in [2.75, 3.05) is 23.3 Å². The van der Waals surface area contributed by atoms with Crippen LogP contribution in [0.1, 0.15) is 19.4 Å². The lowest BCUT2D eigenvalue weighted by Gasteiger charge is -2.19. The zero-order valence-corrected chi connectivity index (χ0v) is 13.6. The summed E-state index contributed by atoms with van der Waals surface area (Å²) >= 11 is 3.53. The predicted octanol–water partition coefficient (Wildman–Crippen LogP) is 4.14. The van der Waals surface area contributed by atoms with E-state index in [1.54, 1.807) is 6.20 Å². The van der Waals surface area contributed by atoms with Gasteiger partial charge in [0.1, 0.15) is 5.82 Å². The summed E-state index contributed by atoms with van der Waals surface area (Å²) in [4.78, 5) is 11.0. The van der Waals surface area contributed by atoms with Gasteiger partial charge >= 0.3 is 0 Å². The molecule has 0 atom stereocenters. The Morgan fingerprint density at radius 3 is 2.60 bits per heavy atom. The highest BCUT2D eigenvalue weighted by molar-refractivity contribution is 9.10. The molecule has 4 nitrogen and oxygen atoms in total. The molecule has 1 heterocycles. The first kappa shape index (κ1) is 14.8. The third-order valence-electron chi connectivity index (χ3n) is 3.16. The predicted molar refractivity (Wildman–Crippen MR) is 87.8 cm³/mol. The summed E-state index contributed by atoms with van der Waals surface area (Å²) in [6.45, 7) is 8.17. The van der Waals surface area contributed by atoms with Gasteiger partial charge in [0.15, 0.2) is 0 Å². The number of nitrogens with one attached hydrogen (secondary N) is 1. The Kier molecular flexibility index (Phi) is 4.95. The average molecular weight is 335 g/mol. The second-order valence-corrected chi connectivity index (χ2v) is 5.35. The number of aromatic nitrogens is 2. The fourth-order valence-corrected chi connectivity index (χ4v) is 2.31. The molecule has 0 aliphatic rings. The molecule has 0 unspecified atom stereocenters. The minimum absolute atomic E-state index is 0.616. The Balaban J connectivity index is 2.21. The van der Waals surface area contributed by atoms with Gasteiger partial charge in [-0.3, -0.25) is 0 Å². The largest absolute Gasteiger partial charge is 0.357 e. The quantitative estimate of drug-likeness (QED) is 0.892. The van der Waals surface area contributed by atoms with E-state index in [-0.39, 0.29) is 0 Å². The number of rotatable bonds is 5. The van der Waals surface area contributed by atoms with Crippen LogP contribution in [-0.2, 0) is 0 Å². The summed E-state index contributed by atoms with van der Waals surface area (Å²) in [5.74, 6) is 1.56. The maximum Gasteiger partial charge on any atom is 0.229 e. The van der Waals surface area contributed by atoms with Crippen molar-refractivity contribution in [1.82, 2.24) is 9.97 Å². The number of aryl methyl sites for hydroxylation is 1. The molecule has 0 aliphatic heterocycles. The summed E-state index contributed by atoms with van der Waals surface area (Å²) in [5.41, 5.74) is 2.17. The standard InChI is InChI=1S/C15H19BrN4/c1-4-20(5-2)14-8-9-17-15(19-14)18-12-7-6-11(3)13(16)10-12/h6-10H,4-5H2,1-3H3,(H,17,18,19). The molecule has 0 saturated heterocycles. The average Bonchev–Trinajstić information content (AvgIpc) is 2.45. The highest BCUT2D eigenvalue weighted by Crippen LogP contribution is 2.23. The third-order valence-corrected chi connectivity index (χ3v) is 4.01. The molecule has 2 rings (SSSR count). The van der Waals surface area contributed by atoms with Crippen LogP contribution < -0.4 is 10.2 Å². The van der Waals surface area contributed by atoms with Gasteiger partial charge in [-0.15, -0.1) is 0 Å². The number of benzene rings is 1. The van der Waals surface area contributed by atoms with Crippen LogP contribution >= 0.6 is 15.9 Å². The van der Waals surface area contributed by atoms with Crippen molar-refractivity contribution in [3.63, 3.8) is 0 Å². The number of halogens is 1. The van der Waals surface area contributed by atoms with E-state index in [0.29, 0.717) is 5.95 Å². The Morgan fingerprint density at radius 2 is 1.95 bits per heavy atom. The Morgan fingerprint density at radius 1 is 1.20 bits per heavy atom. The van der Waals surface area contributed by atoms with Gasteiger partial charge in [-0.2, -0.15) is 4.98 Å². The van der Waals surface area contributed by atoms with Gasteiger partial charge in [-0.25, -0.2) is 4.98 Å². The molecule has 0 radical (unpaired) electrons. The summed E-state index contributed by atoms with van der Waals surface area (Å²) in [6.07, 6.45) is 1.78. The third kappa shape index (κ3) is 3.48. The summed E-state index contributed by atoms with van der Waals surface area (Å²) in [7, 11) is 0. The highest BCUT2D eigenvalue weighted by Gasteiger charge is 2.06. The van der Waals surface area contributed by atoms with Crippen LogP contribution in [0.3, 0.4) is 0 Å². The van der Waals surface area contributed by atoms with E-state index >= 15 is 0 Å². The number of nitrogens with zero attached hydrogens (tertiary/aromatic N) is 3. The van der Waals surface area contributed by atoms with Crippen LogP contribution in [-0.4, -0.2) is 23.1 Å². The van der Waals surface area contributed by atoms with Crippen LogP contribution in [0, 0.1) is 6.92 Å². The Bertz CT molecular complexity index is 582. The Labute approximate surface area is 128 Å². The van der Waals surface area contributed by atoms with Crippen molar-refractivity contribution in [2.45, 2.75) is 20.8 Å². The van der Waals surface area contributed by atoms with Gasteiger partial charge in [0, 0.05) is 29.4 Å². The number of hydrogen-bond acceptors (Lipinski definition) is 4. The summed E-state index contributed by atoms with van der Waals surface area (Å²) in [5, 5.41) is 3.24. The molecule has 0 saturated carbocycles. The van der Waals surface area contributed by atoms with Crippen molar-refractivity contribution in [3.8, 4) is 0 Å². The fraction of sp³-hybridized carbons (Fsp3) is 0.333. The molecular weight excluding hydrogens is 316 g/mol. The zero-order valence-electron chi connectivity index (χ0n) is 12.0. The highest BCUT2D eigenvalue weighted by atomic mass is 79.9. The number of anilines is 3. The van der Waals surface area contributed by atoms with Crippen LogP contribution in [0.15, 0.2) is 34.9 Å². The normalized spacial score (nSPS) is 10.4. The lowest BCUT2D eigenvalue weighted by Crippen LogP contribution is -2.23. The van der Waals surface area contributed by atoms with Crippen molar-refractivity contribution in [2.24, 2.45) is 0 Å². The maximum absolute atomic E-state index is 4.55. The van der Waals surface area contributed by atoms with Crippen LogP contribution in [0.4, 0.5) is 17.5 Å². The van der Waals surface area contributed by atoms with E-state index in [0.717, 1.165) is 29.1 Å². The first-order chi connectivity index (χ1) is 9.63. The van der Waals surface area contributed by atoms with E-state index in [4.69, 9.17) is 0 Å². The lowest BCUT2D eigenvalue weighted by molar-refractivity contribution is 0.843. The Hall–Kier alpha value is -1.62. The second-order valence-electron chi connectivity index (χ2n) is 4.50. The molecule has 0 bridgehead atoms. The second kappa shape index (κ2) is 6.70.